The zero-order valence-corrected chi connectivity index (χ0v) is 14.9. The summed E-state index contributed by atoms with van der Waals surface area (Å²) in [5.74, 6) is 1.43. The second kappa shape index (κ2) is 8.72. The molecule has 0 bridgehead atoms. The van der Waals surface area contributed by atoms with Crippen LogP contribution in [0.15, 0.2) is 83.6 Å². The van der Waals surface area contributed by atoms with E-state index in [2.05, 4.69) is 82.0 Å². The Labute approximate surface area is 142 Å². The van der Waals surface area contributed by atoms with Gasteiger partial charge in [0.2, 0.25) is 0 Å². The van der Waals surface area contributed by atoms with E-state index in [0.29, 0.717) is 5.92 Å². The number of fused-ring (bicyclic) bond motifs is 1. The molecule has 0 N–H and O–H groups in total. The van der Waals surface area contributed by atoms with Gasteiger partial charge < -0.3 is 0 Å². The van der Waals surface area contributed by atoms with Crippen molar-refractivity contribution < 1.29 is 0 Å². The molecule has 0 saturated heterocycles. The first kappa shape index (κ1) is 17.5. The Kier molecular flexibility index (Phi) is 6.65. The molecule has 0 aliphatic heterocycles. The van der Waals surface area contributed by atoms with Gasteiger partial charge in [0.15, 0.2) is 0 Å². The van der Waals surface area contributed by atoms with E-state index in [1.54, 1.807) is 0 Å². The van der Waals surface area contributed by atoms with E-state index in [1.807, 2.05) is 0 Å². The van der Waals surface area contributed by atoms with Crippen molar-refractivity contribution in [3.8, 4) is 0 Å². The van der Waals surface area contributed by atoms with Crippen LogP contribution in [0.1, 0.15) is 46.5 Å². The van der Waals surface area contributed by atoms with Crippen molar-refractivity contribution >= 4 is 0 Å². The Hall–Kier alpha value is -1.82. The van der Waals surface area contributed by atoms with Gasteiger partial charge >= 0.3 is 0 Å². The number of rotatable bonds is 8. The Morgan fingerprint density at radius 1 is 1.26 bits per heavy atom. The van der Waals surface area contributed by atoms with Crippen LogP contribution >= 0.6 is 0 Å². The van der Waals surface area contributed by atoms with Crippen LogP contribution in [-0.4, -0.2) is 0 Å². The van der Waals surface area contributed by atoms with Crippen molar-refractivity contribution in [2.75, 3.05) is 0 Å². The predicted octanol–water partition coefficient (Wildman–Crippen LogP) is 6.87. The Morgan fingerprint density at radius 3 is 2.78 bits per heavy atom. The van der Waals surface area contributed by atoms with Crippen molar-refractivity contribution in [3.63, 3.8) is 0 Å². The highest BCUT2D eigenvalue weighted by Gasteiger charge is 2.40. The van der Waals surface area contributed by atoms with E-state index in [9.17, 15) is 0 Å². The van der Waals surface area contributed by atoms with E-state index in [0.717, 1.165) is 18.8 Å². The molecule has 1 saturated carbocycles. The van der Waals surface area contributed by atoms with Crippen LogP contribution in [0.5, 0.6) is 0 Å². The Bertz CT molecular complexity index is 602. The molecule has 122 valence electrons. The molecular formula is C23H30. The lowest BCUT2D eigenvalue weighted by molar-refractivity contribution is 0.916. The number of hydrogen-bond acceptors (Lipinski definition) is 0. The molecule has 0 radical (unpaired) electrons. The topological polar surface area (TPSA) is 0 Å². The van der Waals surface area contributed by atoms with Gasteiger partial charge in [0.25, 0.3) is 0 Å². The fourth-order valence-electron chi connectivity index (χ4n) is 3.04. The molecule has 2 atom stereocenters. The number of hydrogen-bond donors (Lipinski definition) is 0. The normalized spacial score (nSPS) is 24.2. The summed E-state index contributed by atoms with van der Waals surface area (Å²) in [5.41, 5.74) is 5.19. The van der Waals surface area contributed by atoms with Gasteiger partial charge in [-0.1, -0.05) is 75.5 Å². The highest BCUT2D eigenvalue weighted by Crippen LogP contribution is 2.51. The fourth-order valence-corrected chi connectivity index (χ4v) is 3.04. The molecule has 2 aliphatic rings. The molecule has 23 heavy (non-hydrogen) atoms. The third-order valence-corrected chi connectivity index (χ3v) is 4.35. The van der Waals surface area contributed by atoms with E-state index in [4.69, 9.17) is 0 Å². The van der Waals surface area contributed by atoms with Crippen LogP contribution in [-0.2, 0) is 0 Å². The molecule has 0 nitrogen and oxygen atoms in total. The molecule has 2 aliphatic carbocycles. The average molecular weight is 306 g/mol. The summed E-state index contributed by atoms with van der Waals surface area (Å²) >= 11 is 0. The third-order valence-electron chi connectivity index (χ3n) is 4.35. The average Bonchev–Trinajstić information content (AvgIpc) is 3.31. The monoisotopic (exact) mass is 306 g/mol. The summed E-state index contributed by atoms with van der Waals surface area (Å²) in [4.78, 5) is 0. The van der Waals surface area contributed by atoms with Crippen LogP contribution in [0, 0.1) is 11.8 Å². The third kappa shape index (κ3) is 5.10. The first-order chi connectivity index (χ1) is 11.2. The highest BCUT2D eigenvalue weighted by atomic mass is 14.4. The van der Waals surface area contributed by atoms with Crippen molar-refractivity contribution in [2.45, 2.75) is 46.5 Å². The molecular weight excluding hydrogens is 276 g/mol. The zero-order valence-electron chi connectivity index (χ0n) is 14.9. The predicted molar refractivity (Wildman–Crippen MR) is 103 cm³/mol. The summed E-state index contributed by atoms with van der Waals surface area (Å²) in [6, 6.07) is 0. The summed E-state index contributed by atoms with van der Waals surface area (Å²) in [7, 11) is 0. The fraction of sp³-hybridized carbons (Fsp3) is 0.391. The number of allylic oxidation sites excluding steroid dienone is 13. The lowest BCUT2D eigenvalue weighted by Crippen LogP contribution is -1.97. The van der Waals surface area contributed by atoms with Crippen LogP contribution in [0.3, 0.4) is 0 Å². The van der Waals surface area contributed by atoms with Crippen molar-refractivity contribution in [3.05, 3.63) is 83.6 Å². The van der Waals surface area contributed by atoms with E-state index in [1.165, 1.54) is 35.1 Å². The molecule has 0 aromatic heterocycles. The van der Waals surface area contributed by atoms with Gasteiger partial charge in [0, 0.05) is 0 Å². The Morgan fingerprint density at radius 2 is 2.09 bits per heavy atom. The zero-order chi connectivity index (χ0) is 16.7. The molecule has 2 rings (SSSR count). The van der Waals surface area contributed by atoms with Crippen molar-refractivity contribution in [2.24, 2.45) is 11.8 Å². The van der Waals surface area contributed by atoms with Gasteiger partial charge in [-0.15, -0.1) is 0 Å². The van der Waals surface area contributed by atoms with Gasteiger partial charge in [0.05, 0.1) is 0 Å². The van der Waals surface area contributed by atoms with Gasteiger partial charge in [-0.2, -0.15) is 0 Å². The lowest BCUT2D eigenvalue weighted by atomic mass is 9.92. The van der Waals surface area contributed by atoms with Gasteiger partial charge in [-0.3, -0.25) is 0 Å². The molecule has 2 unspecified atom stereocenters. The van der Waals surface area contributed by atoms with Crippen LogP contribution in [0.25, 0.3) is 0 Å². The minimum Gasteiger partial charge on any atom is -0.0915 e. The second-order valence-electron chi connectivity index (χ2n) is 6.44. The molecule has 0 aromatic rings. The van der Waals surface area contributed by atoms with Crippen molar-refractivity contribution in [1.82, 2.24) is 0 Å². The van der Waals surface area contributed by atoms with Gasteiger partial charge in [-0.25, -0.2) is 0 Å². The van der Waals surface area contributed by atoms with Crippen molar-refractivity contribution in [1.29, 1.82) is 0 Å². The van der Waals surface area contributed by atoms with E-state index < -0.39 is 0 Å². The standard InChI is InChI=1S/C23H30/c1-5-8-10-13-20-15-21-17-23(21)22(16-20)18(4)14-19(11-7-3)12-9-6-2/h7,9-16,21,23H,4-6,8,17H2,1-3H3/b11-7+,12-9-,13-10+,19-14-. The molecule has 0 amide bonds. The largest absolute Gasteiger partial charge is 0.0915 e. The first-order valence-corrected chi connectivity index (χ1v) is 8.99. The summed E-state index contributed by atoms with van der Waals surface area (Å²) in [6.45, 7) is 10.8. The minimum absolute atomic E-state index is 0.698. The van der Waals surface area contributed by atoms with Gasteiger partial charge in [-0.05, 0) is 66.4 Å². The molecule has 0 aromatic carbocycles. The molecule has 0 heterocycles. The number of unbranched alkanes of at least 4 members (excludes halogenated alkanes) is 1. The van der Waals surface area contributed by atoms with Crippen LogP contribution < -0.4 is 0 Å². The molecule has 0 spiro atoms. The smallest absolute Gasteiger partial charge is 0.00867 e. The molecule has 0 heteroatoms. The summed E-state index contributed by atoms with van der Waals surface area (Å²) in [5, 5.41) is 0. The molecule has 1 fully saturated rings. The SMILES string of the molecule is C=C(/C=C(\C=C/CC)/C=C/C)C1=CC(/C=C/CCC)=CC2CC12. The lowest BCUT2D eigenvalue weighted by Gasteiger charge is -2.13. The van der Waals surface area contributed by atoms with E-state index in [-0.39, 0.29) is 0 Å². The van der Waals surface area contributed by atoms with Crippen LogP contribution in [0.2, 0.25) is 0 Å². The minimum atomic E-state index is 0.698. The Balaban J connectivity index is 2.17. The van der Waals surface area contributed by atoms with Crippen LogP contribution in [0.4, 0.5) is 0 Å². The van der Waals surface area contributed by atoms with E-state index >= 15 is 0 Å². The maximum absolute atomic E-state index is 4.35. The quantitative estimate of drug-likeness (QED) is 0.429. The first-order valence-electron chi connectivity index (χ1n) is 8.99. The summed E-state index contributed by atoms with van der Waals surface area (Å²) < 4.78 is 0. The maximum atomic E-state index is 4.35. The highest BCUT2D eigenvalue weighted by molar-refractivity contribution is 5.54. The summed E-state index contributed by atoms with van der Waals surface area (Å²) in [6.07, 6.45) is 24.9. The maximum Gasteiger partial charge on any atom is -0.00867 e. The van der Waals surface area contributed by atoms with Gasteiger partial charge in [0.1, 0.15) is 0 Å². The second-order valence-corrected chi connectivity index (χ2v) is 6.44.